The van der Waals surface area contributed by atoms with Crippen molar-refractivity contribution >= 4 is 11.6 Å². The van der Waals surface area contributed by atoms with E-state index in [0.717, 1.165) is 0 Å². The molecule has 0 rings (SSSR count). The summed E-state index contributed by atoms with van der Waals surface area (Å²) in [6, 6.07) is 0. The molecule has 0 N–H and O–H groups in total. The third-order valence-corrected chi connectivity index (χ3v) is 3.66. The zero-order valence-corrected chi connectivity index (χ0v) is 12.2. The molecule has 0 nitrogen and oxygen atoms in total. The lowest BCUT2D eigenvalue weighted by Crippen LogP contribution is -1.97. The van der Waals surface area contributed by atoms with Gasteiger partial charge in [0, 0.05) is 5.38 Å². The summed E-state index contributed by atoms with van der Waals surface area (Å²) in [6.45, 7) is 4.49. The molecule has 1 unspecified atom stereocenters. The van der Waals surface area contributed by atoms with E-state index in [-0.39, 0.29) is 0 Å². The Morgan fingerprint density at radius 3 is 1.62 bits per heavy atom. The van der Waals surface area contributed by atoms with E-state index >= 15 is 0 Å². The molecule has 0 saturated heterocycles. The van der Waals surface area contributed by atoms with Crippen LogP contribution in [0.5, 0.6) is 0 Å². The number of hydrogen-bond acceptors (Lipinski definition) is 0. The van der Waals surface area contributed by atoms with E-state index < -0.39 is 0 Å². The van der Waals surface area contributed by atoms with E-state index in [1.807, 2.05) is 0 Å². The van der Waals surface area contributed by atoms with Crippen molar-refractivity contribution in [1.82, 2.24) is 0 Å². The maximum Gasteiger partial charge on any atom is 0.0336 e. The highest BCUT2D eigenvalue weighted by Gasteiger charge is 2.01. The van der Waals surface area contributed by atoms with Gasteiger partial charge in [0.15, 0.2) is 0 Å². The van der Waals surface area contributed by atoms with E-state index in [2.05, 4.69) is 13.8 Å². The van der Waals surface area contributed by atoms with Crippen molar-refractivity contribution in [2.75, 3.05) is 0 Å². The Bertz CT molecular complexity index is 123. The minimum atomic E-state index is 0.439. The van der Waals surface area contributed by atoms with Gasteiger partial charge in [-0.25, -0.2) is 0 Å². The molecule has 1 atom stereocenters. The van der Waals surface area contributed by atoms with Crippen molar-refractivity contribution in [3.63, 3.8) is 0 Å². The maximum atomic E-state index is 6.18. The van der Waals surface area contributed by atoms with Crippen LogP contribution < -0.4 is 0 Å². The largest absolute Gasteiger partial charge is 0.123 e. The lowest BCUT2D eigenvalue weighted by atomic mass is 10.0. The Hall–Kier alpha value is 0.290. The van der Waals surface area contributed by atoms with Gasteiger partial charge in [-0.3, -0.25) is 0 Å². The molecule has 0 aliphatic heterocycles. The molecule has 0 amide bonds. The van der Waals surface area contributed by atoms with Crippen LogP contribution in [-0.2, 0) is 0 Å². The molecular weight excluding hydrogens is 216 g/mol. The molecule has 1 heteroatoms. The normalized spacial score (nSPS) is 12.9. The van der Waals surface area contributed by atoms with Gasteiger partial charge in [-0.2, -0.15) is 0 Å². The van der Waals surface area contributed by atoms with E-state index in [0.29, 0.717) is 5.38 Å². The van der Waals surface area contributed by atoms with E-state index in [4.69, 9.17) is 11.6 Å². The first-order chi connectivity index (χ1) is 7.81. The molecule has 0 fully saturated rings. The van der Waals surface area contributed by atoms with E-state index in [1.165, 1.54) is 77.0 Å². The van der Waals surface area contributed by atoms with Gasteiger partial charge in [0.05, 0.1) is 0 Å². The zero-order chi connectivity index (χ0) is 12.1. The van der Waals surface area contributed by atoms with Gasteiger partial charge >= 0.3 is 0 Å². The van der Waals surface area contributed by atoms with Gasteiger partial charge in [0.1, 0.15) is 0 Å². The highest BCUT2D eigenvalue weighted by Crippen LogP contribution is 2.15. The summed E-state index contributed by atoms with van der Waals surface area (Å²) in [6.07, 6.45) is 16.3. The van der Waals surface area contributed by atoms with Crippen LogP contribution in [0.3, 0.4) is 0 Å². The van der Waals surface area contributed by atoms with Crippen molar-refractivity contribution in [2.24, 2.45) is 0 Å². The smallest absolute Gasteiger partial charge is 0.0336 e. The fraction of sp³-hybridized carbons (Fsp3) is 1.00. The predicted octanol–water partition coefficient (Wildman–Crippen LogP) is 6.31. The molecule has 0 aliphatic carbocycles. The Labute approximate surface area is 108 Å². The monoisotopic (exact) mass is 246 g/mol. The number of unbranched alkanes of at least 4 members (excludes halogenated alkanes) is 8. The first-order valence-corrected chi connectivity index (χ1v) is 7.89. The molecule has 98 valence electrons. The highest BCUT2D eigenvalue weighted by molar-refractivity contribution is 6.20. The average Bonchev–Trinajstić information content (AvgIpc) is 2.27. The second-order valence-corrected chi connectivity index (χ2v) is 5.62. The van der Waals surface area contributed by atoms with Crippen LogP contribution in [0.15, 0.2) is 0 Å². The van der Waals surface area contributed by atoms with Crippen molar-refractivity contribution in [1.29, 1.82) is 0 Å². The van der Waals surface area contributed by atoms with Gasteiger partial charge in [-0.05, 0) is 12.8 Å². The minimum absolute atomic E-state index is 0.439. The number of alkyl halides is 1. The van der Waals surface area contributed by atoms with Crippen LogP contribution >= 0.6 is 11.6 Å². The summed E-state index contributed by atoms with van der Waals surface area (Å²) in [5, 5.41) is 0.439. The third kappa shape index (κ3) is 12.4. The van der Waals surface area contributed by atoms with Crippen LogP contribution in [0.4, 0.5) is 0 Å². The van der Waals surface area contributed by atoms with Gasteiger partial charge in [-0.15, -0.1) is 11.6 Å². The molecule has 0 radical (unpaired) electrons. The van der Waals surface area contributed by atoms with E-state index in [1.54, 1.807) is 0 Å². The zero-order valence-electron chi connectivity index (χ0n) is 11.4. The Morgan fingerprint density at radius 2 is 1.12 bits per heavy atom. The Morgan fingerprint density at radius 1 is 0.625 bits per heavy atom. The molecule has 0 bridgehead atoms. The SMILES string of the molecule is CCCCCCCCCCCC(Cl)CCC. The van der Waals surface area contributed by atoms with Crippen LogP contribution in [0, 0.1) is 0 Å². The van der Waals surface area contributed by atoms with Crippen molar-refractivity contribution in [3.05, 3.63) is 0 Å². The average molecular weight is 247 g/mol. The molecule has 0 heterocycles. The summed E-state index contributed by atoms with van der Waals surface area (Å²) in [5.74, 6) is 0. The quantitative estimate of drug-likeness (QED) is 0.279. The summed E-state index contributed by atoms with van der Waals surface area (Å²) in [7, 11) is 0. The molecule has 0 spiro atoms. The first kappa shape index (κ1) is 16.3. The fourth-order valence-electron chi connectivity index (χ4n) is 2.13. The molecule has 16 heavy (non-hydrogen) atoms. The van der Waals surface area contributed by atoms with Crippen molar-refractivity contribution < 1.29 is 0 Å². The summed E-state index contributed by atoms with van der Waals surface area (Å²) >= 11 is 6.18. The van der Waals surface area contributed by atoms with E-state index in [9.17, 15) is 0 Å². The van der Waals surface area contributed by atoms with Crippen molar-refractivity contribution in [3.8, 4) is 0 Å². The standard InChI is InChI=1S/C15H31Cl/c1-3-5-6-7-8-9-10-11-12-14-15(16)13-4-2/h15H,3-14H2,1-2H3. The molecular formula is C15H31Cl. The fourth-order valence-corrected chi connectivity index (χ4v) is 2.51. The number of rotatable bonds is 12. The summed E-state index contributed by atoms with van der Waals surface area (Å²) < 4.78 is 0. The summed E-state index contributed by atoms with van der Waals surface area (Å²) in [5.41, 5.74) is 0. The number of hydrogen-bond donors (Lipinski definition) is 0. The molecule has 0 aliphatic rings. The topological polar surface area (TPSA) is 0 Å². The van der Waals surface area contributed by atoms with Crippen molar-refractivity contribution in [2.45, 2.75) is 96.3 Å². The van der Waals surface area contributed by atoms with Gasteiger partial charge in [0.25, 0.3) is 0 Å². The molecule has 0 aromatic carbocycles. The highest BCUT2D eigenvalue weighted by atomic mass is 35.5. The van der Waals surface area contributed by atoms with Crippen LogP contribution in [0.25, 0.3) is 0 Å². The number of halogens is 1. The Kier molecular flexibility index (Phi) is 13.6. The van der Waals surface area contributed by atoms with Gasteiger partial charge in [-0.1, -0.05) is 78.1 Å². The third-order valence-electron chi connectivity index (χ3n) is 3.22. The first-order valence-electron chi connectivity index (χ1n) is 7.45. The second-order valence-electron chi connectivity index (χ2n) is 5.00. The Balaban J connectivity index is 2.98. The molecule has 0 saturated carbocycles. The summed E-state index contributed by atoms with van der Waals surface area (Å²) in [4.78, 5) is 0. The van der Waals surface area contributed by atoms with Gasteiger partial charge < -0.3 is 0 Å². The predicted molar refractivity (Wildman–Crippen MR) is 76.4 cm³/mol. The van der Waals surface area contributed by atoms with Crippen LogP contribution in [-0.4, -0.2) is 5.38 Å². The van der Waals surface area contributed by atoms with Gasteiger partial charge in [0.2, 0.25) is 0 Å². The molecule has 0 aromatic heterocycles. The minimum Gasteiger partial charge on any atom is -0.123 e. The lowest BCUT2D eigenvalue weighted by Gasteiger charge is -2.07. The second kappa shape index (κ2) is 13.4. The lowest BCUT2D eigenvalue weighted by molar-refractivity contribution is 0.545. The maximum absolute atomic E-state index is 6.18. The van der Waals surface area contributed by atoms with Crippen LogP contribution in [0.2, 0.25) is 0 Å². The van der Waals surface area contributed by atoms with Crippen LogP contribution in [0.1, 0.15) is 90.9 Å². The molecule has 0 aromatic rings.